The zero-order chi connectivity index (χ0) is 14.4. The fraction of sp³-hybridized carbons (Fsp3) is 0. The van der Waals surface area contributed by atoms with E-state index < -0.39 is 4.92 Å². The van der Waals surface area contributed by atoms with Crippen molar-refractivity contribution in [1.82, 2.24) is 9.97 Å². The summed E-state index contributed by atoms with van der Waals surface area (Å²) < 4.78 is 6.20. The molecule has 0 aliphatic rings. The maximum atomic E-state index is 10.7. The van der Waals surface area contributed by atoms with Crippen LogP contribution in [0.4, 0.5) is 5.88 Å². The van der Waals surface area contributed by atoms with Gasteiger partial charge in [-0.05, 0) is 30.3 Å². The maximum Gasteiger partial charge on any atom is 0.433 e. The van der Waals surface area contributed by atoms with Crippen molar-refractivity contribution >= 4 is 38.3 Å². The van der Waals surface area contributed by atoms with E-state index in [9.17, 15) is 10.1 Å². The predicted octanol–water partition coefficient (Wildman–Crippen LogP) is 4.01. The van der Waals surface area contributed by atoms with E-state index in [0.29, 0.717) is 10.8 Å². The minimum atomic E-state index is -0.559. The minimum absolute atomic E-state index is 0.282. The molecule has 7 heteroatoms. The lowest BCUT2D eigenvalue weighted by Crippen LogP contribution is -1.82. The molecule has 0 aliphatic carbocycles. The number of benzene rings is 1. The van der Waals surface area contributed by atoms with Crippen LogP contribution in [0.3, 0.4) is 0 Å². The summed E-state index contributed by atoms with van der Waals surface area (Å²) >= 11 is 1.44. The lowest BCUT2D eigenvalue weighted by molar-refractivity contribution is -0.401. The number of hydrogen-bond acceptors (Lipinski definition) is 6. The third-order valence-corrected chi connectivity index (χ3v) is 4.16. The first kappa shape index (κ1) is 12.0. The van der Waals surface area contributed by atoms with Gasteiger partial charge in [0, 0.05) is 11.6 Å². The molecular weight excluding hydrogens is 290 g/mol. The van der Waals surface area contributed by atoms with E-state index in [0.717, 1.165) is 21.1 Å². The molecule has 0 N–H and O–H groups in total. The van der Waals surface area contributed by atoms with E-state index in [1.165, 1.54) is 17.4 Å². The number of fused-ring (bicyclic) bond motifs is 3. The van der Waals surface area contributed by atoms with Crippen LogP contribution in [0.25, 0.3) is 31.9 Å². The molecular formula is C14H7N3O3S. The maximum absolute atomic E-state index is 10.7. The summed E-state index contributed by atoms with van der Waals surface area (Å²) in [5.74, 6) is 0.121. The zero-order valence-corrected chi connectivity index (χ0v) is 11.3. The Morgan fingerprint density at radius 2 is 2.10 bits per heavy atom. The first-order valence-corrected chi connectivity index (χ1v) is 6.93. The van der Waals surface area contributed by atoms with Gasteiger partial charge in [-0.15, -0.1) is 11.3 Å². The van der Waals surface area contributed by atoms with Crippen molar-refractivity contribution in [2.24, 2.45) is 0 Å². The lowest BCUT2D eigenvalue weighted by Gasteiger charge is -1.95. The summed E-state index contributed by atoms with van der Waals surface area (Å²) in [6, 6.07) is 10.6. The van der Waals surface area contributed by atoms with Crippen LogP contribution in [-0.4, -0.2) is 14.9 Å². The summed E-state index contributed by atoms with van der Waals surface area (Å²) in [4.78, 5) is 19.0. The Morgan fingerprint density at radius 3 is 2.90 bits per heavy atom. The number of hydrogen-bond donors (Lipinski definition) is 0. The van der Waals surface area contributed by atoms with Crippen molar-refractivity contribution in [1.29, 1.82) is 0 Å². The fourth-order valence-electron chi connectivity index (χ4n) is 2.19. The van der Waals surface area contributed by atoms with Crippen molar-refractivity contribution in [2.75, 3.05) is 0 Å². The number of nitro groups is 1. The summed E-state index contributed by atoms with van der Waals surface area (Å²) in [5, 5.41) is 12.3. The second-order valence-corrected chi connectivity index (χ2v) is 5.43. The Kier molecular flexibility index (Phi) is 2.48. The van der Waals surface area contributed by atoms with Crippen LogP contribution in [0.1, 0.15) is 0 Å². The highest BCUT2D eigenvalue weighted by Crippen LogP contribution is 2.35. The topological polar surface area (TPSA) is 82.1 Å². The van der Waals surface area contributed by atoms with Crippen LogP contribution < -0.4 is 0 Å². The van der Waals surface area contributed by atoms with Gasteiger partial charge in [-0.1, -0.05) is 0 Å². The molecule has 3 aromatic heterocycles. The van der Waals surface area contributed by atoms with Crippen LogP contribution in [0.15, 0.2) is 47.0 Å². The average Bonchev–Trinajstić information content (AvgIpc) is 3.13. The van der Waals surface area contributed by atoms with E-state index >= 15 is 0 Å². The average molecular weight is 297 g/mol. The third-order valence-electron chi connectivity index (χ3n) is 3.12. The van der Waals surface area contributed by atoms with Gasteiger partial charge in [0.1, 0.15) is 4.92 Å². The molecule has 4 aromatic rings. The van der Waals surface area contributed by atoms with Gasteiger partial charge in [-0.2, -0.15) is 0 Å². The quantitative estimate of drug-likeness (QED) is 0.412. The van der Waals surface area contributed by atoms with Gasteiger partial charge in [0.2, 0.25) is 0 Å². The van der Waals surface area contributed by atoms with E-state index in [-0.39, 0.29) is 5.88 Å². The van der Waals surface area contributed by atoms with E-state index in [1.54, 1.807) is 12.3 Å². The third kappa shape index (κ3) is 1.86. The lowest BCUT2D eigenvalue weighted by atomic mass is 10.2. The number of pyridine rings is 1. The highest BCUT2D eigenvalue weighted by molar-refractivity contribution is 7.21. The van der Waals surface area contributed by atoms with Crippen LogP contribution in [0.2, 0.25) is 0 Å². The second kappa shape index (κ2) is 4.35. The summed E-state index contributed by atoms with van der Waals surface area (Å²) in [7, 11) is 0. The number of rotatable bonds is 2. The van der Waals surface area contributed by atoms with Gasteiger partial charge < -0.3 is 4.42 Å². The first-order chi connectivity index (χ1) is 10.2. The molecule has 0 atom stereocenters. The molecule has 0 amide bonds. The normalized spacial score (nSPS) is 11.2. The first-order valence-electron chi connectivity index (χ1n) is 6.11. The van der Waals surface area contributed by atoms with Gasteiger partial charge in [-0.25, -0.2) is 4.98 Å². The number of nitrogens with zero attached hydrogens (tertiary/aromatic N) is 3. The SMILES string of the molecule is O=[N+]([O-])c1ccc(-c2nc3c(ccc4ncccc43)s2)o1. The van der Waals surface area contributed by atoms with Crippen molar-refractivity contribution in [2.45, 2.75) is 0 Å². The van der Waals surface area contributed by atoms with E-state index in [1.807, 2.05) is 24.3 Å². The highest BCUT2D eigenvalue weighted by Gasteiger charge is 2.16. The number of furan rings is 1. The smallest absolute Gasteiger partial charge is 0.398 e. The Bertz CT molecular complexity index is 989. The standard InChI is InChI=1S/C14H7N3O3S/c18-17(19)12-6-4-10(20-12)14-16-13-8-2-1-7-15-9(8)3-5-11(13)21-14/h1-7H. The van der Waals surface area contributed by atoms with E-state index in [2.05, 4.69) is 9.97 Å². The molecule has 0 unspecified atom stereocenters. The monoisotopic (exact) mass is 297 g/mol. The molecule has 1 aromatic carbocycles. The molecule has 6 nitrogen and oxygen atoms in total. The molecule has 0 spiro atoms. The van der Waals surface area contributed by atoms with E-state index in [4.69, 9.17) is 4.42 Å². The number of aromatic nitrogens is 2. The molecule has 0 radical (unpaired) electrons. The van der Waals surface area contributed by atoms with Crippen LogP contribution in [-0.2, 0) is 0 Å². The van der Waals surface area contributed by atoms with Gasteiger partial charge in [0.05, 0.1) is 21.8 Å². The number of thiazole rings is 1. The van der Waals surface area contributed by atoms with Gasteiger partial charge in [0.25, 0.3) is 0 Å². The molecule has 102 valence electrons. The van der Waals surface area contributed by atoms with Crippen molar-refractivity contribution in [3.05, 3.63) is 52.7 Å². The van der Waals surface area contributed by atoms with Crippen LogP contribution in [0.5, 0.6) is 0 Å². The predicted molar refractivity (Wildman–Crippen MR) is 79.3 cm³/mol. The highest BCUT2D eigenvalue weighted by atomic mass is 32.1. The fourth-order valence-corrected chi connectivity index (χ4v) is 3.13. The Hall–Kier alpha value is -2.80. The molecule has 4 rings (SSSR count). The molecule has 3 heterocycles. The molecule has 0 saturated heterocycles. The van der Waals surface area contributed by atoms with Gasteiger partial charge in [-0.3, -0.25) is 15.1 Å². The largest absolute Gasteiger partial charge is 0.433 e. The van der Waals surface area contributed by atoms with Crippen molar-refractivity contribution < 1.29 is 9.34 Å². The molecule has 0 fully saturated rings. The summed E-state index contributed by atoms with van der Waals surface area (Å²) in [5.41, 5.74) is 1.70. The molecule has 0 bridgehead atoms. The Balaban J connectivity index is 1.93. The Morgan fingerprint density at radius 1 is 1.19 bits per heavy atom. The Labute approximate surface area is 121 Å². The van der Waals surface area contributed by atoms with Crippen LogP contribution >= 0.6 is 11.3 Å². The molecule has 0 aliphatic heterocycles. The van der Waals surface area contributed by atoms with Crippen molar-refractivity contribution in [3.8, 4) is 10.8 Å². The van der Waals surface area contributed by atoms with Gasteiger partial charge in [0.15, 0.2) is 10.8 Å². The summed E-state index contributed by atoms with van der Waals surface area (Å²) in [6.07, 6.45) is 1.73. The van der Waals surface area contributed by atoms with Crippen LogP contribution in [0, 0.1) is 10.1 Å². The second-order valence-electron chi connectivity index (χ2n) is 4.40. The summed E-state index contributed by atoms with van der Waals surface area (Å²) in [6.45, 7) is 0. The minimum Gasteiger partial charge on any atom is -0.398 e. The zero-order valence-electron chi connectivity index (χ0n) is 10.5. The molecule has 0 saturated carbocycles. The molecule has 21 heavy (non-hydrogen) atoms. The van der Waals surface area contributed by atoms with Crippen molar-refractivity contribution in [3.63, 3.8) is 0 Å². The van der Waals surface area contributed by atoms with Gasteiger partial charge >= 0.3 is 5.88 Å².